The van der Waals surface area contributed by atoms with Gasteiger partial charge in [0.15, 0.2) is 6.61 Å². The van der Waals surface area contributed by atoms with Crippen molar-refractivity contribution in [2.24, 2.45) is 5.92 Å². The van der Waals surface area contributed by atoms with Gasteiger partial charge >= 0.3 is 5.97 Å². The average molecular weight is 226 g/mol. The number of benzene rings is 1. The van der Waals surface area contributed by atoms with Gasteiger partial charge in [-0.2, -0.15) is 0 Å². The number of rotatable bonds is 3. The molecule has 86 valence electrons. The summed E-state index contributed by atoms with van der Waals surface area (Å²) in [6.45, 7) is 1.89. The SMILES string of the molecule is C#CCOC(=O)C(C#Cc1ccccc1)CC. The minimum atomic E-state index is -0.413. The Bertz CT molecular complexity index is 457. The standard InChI is InChI=1S/C15H14O2/c1-3-12-17-15(16)14(4-2)11-10-13-8-6-5-7-9-13/h1,5-9,14H,4,12H2,2H3. The molecule has 1 aromatic carbocycles. The van der Waals surface area contributed by atoms with Gasteiger partial charge in [-0.25, -0.2) is 0 Å². The molecule has 17 heavy (non-hydrogen) atoms. The first-order valence-electron chi connectivity index (χ1n) is 5.44. The zero-order valence-electron chi connectivity index (χ0n) is 9.77. The number of hydrogen-bond donors (Lipinski definition) is 0. The largest absolute Gasteiger partial charge is 0.452 e. The summed E-state index contributed by atoms with van der Waals surface area (Å²) in [5.41, 5.74) is 0.885. The van der Waals surface area contributed by atoms with Gasteiger partial charge in [0.25, 0.3) is 0 Å². The van der Waals surface area contributed by atoms with E-state index in [-0.39, 0.29) is 12.6 Å². The van der Waals surface area contributed by atoms with Crippen LogP contribution in [-0.2, 0) is 9.53 Å². The molecule has 0 radical (unpaired) electrons. The van der Waals surface area contributed by atoms with Gasteiger partial charge in [0, 0.05) is 5.56 Å². The highest BCUT2D eigenvalue weighted by atomic mass is 16.5. The third-order valence-electron chi connectivity index (χ3n) is 2.16. The first-order valence-corrected chi connectivity index (χ1v) is 5.44. The summed E-state index contributed by atoms with van der Waals surface area (Å²) >= 11 is 0. The van der Waals surface area contributed by atoms with Crippen molar-refractivity contribution in [3.05, 3.63) is 35.9 Å². The van der Waals surface area contributed by atoms with E-state index in [0.29, 0.717) is 6.42 Å². The van der Waals surface area contributed by atoms with Crippen molar-refractivity contribution in [2.75, 3.05) is 6.61 Å². The number of hydrogen-bond acceptors (Lipinski definition) is 2. The van der Waals surface area contributed by atoms with E-state index in [4.69, 9.17) is 11.2 Å². The molecule has 2 heteroatoms. The first-order chi connectivity index (χ1) is 8.27. The van der Waals surface area contributed by atoms with Gasteiger partial charge in [0.05, 0.1) is 0 Å². The highest BCUT2D eigenvalue weighted by Crippen LogP contribution is 2.04. The molecule has 0 aliphatic rings. The topological polar surface area (TPSA) is 26.3 Å². The summed E-state index contributed by atoms with van der Waals surface area (Å²) in [5.74, 6) is 7.35. The van der Waals surface area contributed by atoms with E-state index in [1.807, 2.05) is 37.3 Å². The van der Waals surface area contributed by atoms with Crippen molar-refractivity contribution >= 4 is 5.97 Å². The molecule has 0 saturated heterocycles. The summed E-state index contributed by atoms with van der Waals surface area (Å²) in [6, 6.07) is 9.52. The maximum atomic E-state index is 11.5. The molecule has 1 aromatic rings. The van der Waals surface area contributed by atoms with Crippen LogP contribution in [0, 0.1) is 30.1 Å². The second kappa shape index (κ2) is 7.14. The van der Waals surface area contributed by atoms with E-state index in [1.54, 1.807) is 0 Å². The smallest absolute Gasteiger partial charge is 0.322 e. The Morgan fingerprint density at radius 3 is 2.71 bits per heavy atom. The second-order valence-corrected chi connectivity index (χ2v) is 3.41. The predicted octanol–water partition coefficient (Wildman–Crippen LogP) is 2.24. The van der Waals surface area contributed by atoms with Crippen LogP contribution in [0.5, 0.6) is 0 Å². The average Bonchev–Trinajstić information content (AvgIpc) is 2.38. The lowest BCUT2D eigenvalue weighted by atomic mass is 10.1. The van der Waals surface area contributed by atoms with Gasteiger partial charge in [-0.1, -0.05) is 42.9 Å². The lowest BCUT2D eigenvalue weighted by Crippen LogP contribution is -2.15. The second-order valence-electron chi connectivity index (χ2n) is 3.41. The van der Waals surface area contributed by atoms with Gasteiger partial charge in [0.1, 0.15) is 5.92 Å². The number of esters is 1. The van der Waals surface area contributed by atoms with E-state index in [9.17, 15) is 4.79 Å². The van der Waals surface area contributed by atoms with Crippen LogP contribution in [-0.4, -0.2) is 12.6 Å². The molecule has 0 aromatic heterocycles. The molecule has 0 amide bonds. The Kier molecular flexibility index (Phi) is 5.41. The summed E-state index contributed by atoms with van der Waals surface area (Å²) in [4.78, 5) is 11.5. The third-order valence-corrected chi connectivity index (χ3v) is 2.16. The number of ether oxygens (including phenoxy) is 1. The lowest BCUT2D eigenvalue weighted by Gasteiger charge is -2.05. The van der Waals surface area contributed by atoms with Crippen LogP contribution in [0.3, 0.4) is 0 Å². The summed E-state index contributed by atoms with van der Waals surface area (Å²) in [5, 5.41) is 0. The fourth-order valence-electron chi connectivity index (χ4n) is 1.23. The maximum Gasteiger partial charge on any atom is 0.322 e. The molecule has 1 rings (SSSR count). The third kappa shape index (κ3) is 4.45. The van der Waals surface area contributed by atoms with Crippen molar-refractivity contribution in [1.82, 2.24) is 0 Å². The zero-order valence-corrected chi connectivity index (χ0v) is 9.77. The van der Waals surface area contributed by atoms with Crippen LogP contribution in [0.25, 0.3) is 0 Å². The molecule has 0 aliphatic heterocycles. The van der Waals surface area contributed by atoms with Gasteiger partial charge < -0.3 is 4.74 Å². The Balaban J connectivity index is 2.68. The molecule has 0 bridgehead atoms. The van der Waals surface area contributed by atoms with Crippen LogP contribution in [0.2, 0.25) is 0 Å². The van der Waals surface area contributed by atoms with E-state index < -0.39 is 5.92 Å². The highest BCUT2D eigenvalue weighted by molar-refractivity contribution is 5.76. The van der Waals surface area contributed by atoms with Gasteiger partial charge in [-0.15, -0.1) is 6.42 Å². The van der Waals surface area contributed by atoms with E-state index in [0.717, 1.165) is 5.56 Å². The van der Waals surface area contributed by atoms with Crippen molar-refractivity contribution in [3.63, 3.8) is 0 Å². The number of carbonyl (C=O) groups excluding carboxylic acids is 1. The van der Waals surface area contributed by atoms with Gasteiger partial charge in [-0.3, -0.25) is 4.79 Å². The quantitative estimate of drug-likeness (QED) is 0.583. The van der Waals surface area contributed by atoms with Gasteiger partial charge in [0.2, 0.25) is 0 Å². The summed E-state index contributed by atoms with van der Waals surface area (Å²) < 4.78 is 4.86. The number of terminal acetylenes is 1. The number of carbonyl (C=O) groups is 1. The minimum absolute atomic E-state index is 0.00233. The van der Waals surface area contributed by atoms with E-state index in [1.165, 1.54) is 0 Å². The minimum Gasteiger partial charge on any atom is -0.452 e. The van der Waals surface area contributed by atoms with Gasteiger partial charge in [-0.05, 0) is 18.6 Å². The Morgan fingerprint density at radius 1 is 1.41 bits per heavy atom. The fourth-order valence-corrected chi connectivity index (χ4v) is 1.23. The molecular weight excluding hydrogens is 212 g/mol. The highest BCUT2D eigenvalue weighted by Gasteiger charge is 2.14. The molecule has 1 atom stereocenters. The normalized spacial score (nSPS) is 10.6. The van der Waals surface area contributed by atoms with Crippen LogP contribution >= 0.6 is 0 Å². The Labute approximate surface area is 102 Å². The van der Waals surface area contributed by atoms with Crippen LogP contribution in [0.1, 0.15) is 18.9 Å². The van der Waals surface area contributed by atoms with E-state index in [2.05, 4.69) is 17.8 Å². The van der Waals surface area contributed by atoms with Crippen molar-refractivity contribution in [1.29, 1.82) is 0 Å². The maximum absolute atomic E-state index is 11.5. The van der Waals surface area contributed by atoms with Crippen molar-refractivity contribution in [3.8, 4) is 24.2 Å². The predicted molar refractivity (Wildman–Crippen MR) is 66.9 cm³/mol. The summed E-state index contributed by atoms with van der Waals surface area (Å²) in [7, 11) is 0. The lowest BCUT2D eigenvalue weighted by molar-refractivity contribution is -0.145. The fraction of sp³-hybridized carbons (Fsp3) is 0.267. The Hall–Kier alpha value is -2.19. The molecule has 0 saturated carbocycles. The summed E-state index contributed by atoms with van der Waals surface area (Å²) in [6.07, 6.45) is 5.63. The first kappa shape index (κ1) is 12.9. The monoisotopic (exact) mass is 226 g/mol. The molecule has 0 fully saturated rings. The molecule has 0 aliphatic carbocycles. The molecule has 0 heterocycles. The van der Waals surface area contributed by atoms with E-state index >= 15 is 0 Å². The van der Waals surface area contributed by atoms with Crippen LogP contribution < -0.4 is 0 Å². The van der Waals surface area contributed by atoms with Crippen LogP contribution in [0.4, 0.5) is 0 Å². The zero-order chi connectivity index (χ0) is 12.5. The Morgan fingerprint density at radius 2 is 2.12 bits per heavy atom. The molecule has 2 nitrogen and oxygen atoms in total. The molecular formula is C15H14O2. The van der Waals surface area contributed by atoms with Crippen molar-refractivity contribution < 1.29 is 9.53 Å². The molecule has 1 unspecified atom stereocenters. The van der Waals surface area contributed by atoms with Crippen LogP contribution in [0.15, 0.2) is 30.3 Å². The van der Waals surface area contributed by atoms with Crippen molar-refractivity contribution in [2.45, 2.75) is 13.3 Å². The molecule has 0 N–H and O–H groups in total. The molecule has 0 spiro atoms.